The Hall–Kier alpha value is -0.410. The van der Waals surface area contributed by atoms with E-state index in [1.165, 1.54) is 30.0 Å². The van der Waals surface area contributed by atoms with Gasteiger partial charge in [0.25, 0.3) is 0 Å². The van der Waals surface area contributed by atoms with E-state index in [-0.39, 0.29) is 0 Å². The molecule has 2 aliphatic rings. The fourth-order valence-electron chi connectivity index (χ4n) is 2.92. The second-order valence-corrected chi connectivity index (χ2v) is 5.67. The molecule has 3 atom stereocenters. The van der Waals surface area contributed by atoms with E-state index in [1.807, 2.05) is 0 Å². The third-order valence-electron chi connectivity index (χ3n) is 3.59. The van der Waals surface area contributed by atoms with Crippen LogP contribution in [0.25, 0.3) is 0 Å². The maximum atomic E-state index is 4.54. The molecule has 0 amide bonds. The summed E-state index contributed by atoms with van der Waals surface area (Å²) in [6, 6.07) is 1.54. The predicted octanol–water partition coefficient (Wildman–Crippen LogP) is 2.13. The number of aromatic nitrogens is 1. The molecule has 0 aromatic carbocycles. The molecule has 1 saturated heterocycles. The Morgan fingerprint density at radius 1 is 1.57 bits per heavy atom. The van der Waals surface area contributed by atoms with Crippen molar-refractivity contribution in [1.29, 1.82) is 0 Å². The molecule has 1 N–H and O–H groups in total. The van der Waals surface area contributed by atoms with Gasteiger partial charge in [-0.15, -0.1) is 11.3 Å². The van der Waals surface area contributed by atoms with E-state index in [4.69, 9.17) is 0 Å². The average Bonchev–Trinajstić information content (AvgIpc) is 2.82. The third kappa shape index (κ3) is 1.48. The van der Waals surface area contributed by atoms with Gasteiger partial charge in [0.1, 0.15) is 0 Å². The predicted molar refractivity (Wildman–Crippen MR) is 58.6 cm³/mol. The maximum Gasteiger partial charge on any atom is 0.0897 e. The lowest BCUT2D eigenvalue weighted by Crippen LogP contribution is -2.37. The summed E-state index contributed by atoms with van der Waals surface area (Å²) in [5, 5.41) is 7.12. The van der Waals surface area contributed by atoms with Crippen LogP contribution in [0.2, 0.25) is 0 Å². The number of fused-ring (bicyclic) bond motifs is 2. The minimum atomic E-state index is 0.718. The summed E-state index contributed by atoms with van der Waals surface area (Å²) in [7, 11) is 0. The molecular weight excluding hydrogens is 192 g/mol. The van der Waals surface area contributed by atoms with E-state index in [1.54, 1.807) is 11.3 Å². The van der Waals surface area contributed by atoms with Crippen molar-refractivity contribution in [2.45, 2.75) is 44.7 Å². The second-order valence-electron chi connectivity index (χ2n) is 4.61. The highest BCUT2D eigenvalue weighted by Gasteiger charge is 2.38. The zero-order valence-corrected chi connectivity index (χ0v) is 9.31. The molecule has 0 spiro atoms. The summed E-state index contributed by atoms with van der Waals surface area (Å²) in [6.07, 6.45) is 5.39. The molecule has 0 radical (unpaired) electrons. The monoisotopic (exact) mass is 208 g/mol. The molecular formula is C11H16N2S. The standard InChI is InChI=1S/C11H16N2S/c1-7-12-10(6-14-7)5-11-8-2-3-9(4-8)13-11/h6,8-9,11,13H,2-5H2,1H3. The van der Waals surface area contributed by atoms with Gasteiger partial charge >= 0.3 is 0 Å². The van der Waals surface area contributed by atoms with Crippen molar-refractivity contribution in [1.82, 2.24) is 10.3 Å². The molecule has 1 saturated carbocycles. The lowest BCUT2D eigenvalue weighted by atomic mass is 9.96. The molecule has 3 unspecified atom stereocenters. The van der Waals surface area contributed by atoms with Gasteiger partial charge in [0.15, 0.2) is 0 Å². The summed E-state index contributed by atoms with van der Waals surface area (Å²) >= 11 is 1.77. The molecule has 2 fully saturated rings. The van der Waals surface area contributed by atoms with Crippen LogP contribution in [0.1, 0.15) is 30.0 Å². The molecule has 3 rings (SSSR count). The third-order valence-corrected chi connectivity index (χ3v) is 4.41. The molecule has 1 aromatic heterocycles. The largest absolute Gasteiger partial charge is 0.311 e. The lowest BCUT2D eigenvalue weighted by Gasteiger charge is -2.22. The highest BCUT2D eigenvalue weighted by molar-refractivity contribution is 7.09. The quantitative estimate of drug-likeness (QED) is 0.805. The van der Waals surface area contributed by atoms with Crippen molar-refractivity contribution in [2.75, 3.05) is 0 Å². The minimum Gasteiger partial charge on any atom is -0.311 e. The summed E-state index contributed by atoms with van der Waals surface area (Å²) in [4.78, 5) is 4.54. The highest BCUT2D eigenvalue weighted by atomic mass is 32.1. The molecule has 14 heavy (non-hydrogen) atoms. The Labute approximate surface area is 88.7 Å². The lowest BCUT2D eigenvalue weighted by molar-refractivity contribution is 0.377. The van der Waals surface area contributed by atoms with Gasteiger partial charge in [-0.25, -0.2) is 4.98 Å². The van der Waals surface area contributed by atoms with Gasteiger partial charge < -0.3 is 5.32 Å². The van der Waals surface area contributed by atoms with Gasteiger partial charge in [-0.3, -0.25) is 0 Å². The number of aryl methyl sites for hydroxylation is 1. The van der Waals surface area contributed by atoms with Gasteiger partial charge in [-0.05, 0) is 32.1 Å². The van der Waals surface area contributed by atoms with Crippen molar-refractivity contribution < 1.29 is 0 Å². The van der Waals surface area contributed by atoms with Crippen molar-refractivity contribution in [3.63, 3.8) is 0 Å². The number of nitrogens with one attached hydrogen (secondary N) is 1. The summed E-state index contributed by atoms with van der Waals surface area (Å²) in [5.74, 6) is 0.932. The summed E-state index contributed by atoms with van der Waals surface area (Å²) < 4.78 is 0. The smallest absolute Gasteiger partial charge is 0.0897 e. The molecule has 1 aliphatic carbocycles. The van der Waals surface area contributed by atoms with Gasteiger partial charge in [0.2, 0.25) is 0 Å². The fraction of sp³-hybridized carbons (Fsp3) is 0.727. The van der Waals surface area contributed by atoms with E-state index in [2.05, 4.69) is 22.6 Å². The van der Waals surface area contributed by atoms with Crippen molar-refractivity contribution in [2.24, 2.45) is 5.92 Å². The van der Waals surface area contributed by atoms with Crippen molar-refractivity contribution >= 4 is 11.3 Å². The van der Waals surface area contributed by atoms with Gasteiger partial charge in [-0.1, -0.05) is 0 Å². The van der Waals surface area contributed by atoms with Gasteiger partial charge in [0.05, 0.1) is 10.7 Å². The minimum absolute atomic E-state index is 0.718. The van der Waals surface area contributed by atoms with E-state index < -0.39 is 0 Å². The summed E-state index contributed by atoms with van der Waals surface area (Å²) in [6.45, 7) is 2.09. The molecule has 2 nitrogen and oxygen atoms in total. The number of piperidine rings is 1. The normalized spacial score (nSPS) is 35.4. The Kier molecular flexibility index (Phi) is 2.10. The molecule has 1 aromatic rings. The molecule has 2 bridgehead atoms. The van der Waals surface area contributed by atoms with E-state index in [9.17, 15) is 0 Å². The van der Waals surface area contributed by atoms with Crippen molar-refractivity contribution in [3.05, 3.63) is 16.1 Å². The van der Waals surface area contributed by atoms with Crippen LogP contribution in [0.4, 0.5) is 0 Å². The van der Waals surface area contributed by atoms with Gasteiger partial charge in [-0.2, -0.15) is 0 Å². The zero-order chi connectivity index (χ0) is 9.54. The first-order valence-corrected chi connectivity index (χ1v) is 6.36. The Morgan fingerprint density at radius 3 is 3.07 bits per heavy atom. The topological polar surface area (TPSA) is 24.9 Å². The second kappa shape index (κ2) is 3.31. The zero-order valence-electron chi connectivity index (χ0n) is 8.49. The number of nitrogens with zero attached hydrogens (tertiary/aromatic N) is 1. The SMILES string of the molecule is Cc1nc(CC2NC3CCC2C3)cs1. The number of hydrogen-bond acceptors (Lipinski definition) is 3. The number of thiazole rings is 1. The molecule has 3 heteroatoms. The maximum absolute atomic E-state index is 4.54. The average molecular weight is 208 g/mol. The van der Waals surface area contributed by atoms with E-state index in [0.717, 1.165) is 24.4 Å². The Bertz CT molecular complexity index is 334. The highest BCUT2D eigenvalue weighted by Crippen LogP contribution is 2.36. The van der Waals surface area contributed by atoms with Crippen LogP contribution in [0, 0.1) is 12.8 Å². The first-order chi connectivity index (χ1) is 6.81. The molecule has 76 valence electrons. The Balaban J connectivity index is 1.68. The van der Waals surface area contributed by atoms with Crippen LogP contribution in [0.15, 0.2) is 5.38 Å². The molecule has 1 aliphatic heterocycles. The molecule has 2 heterocycles. The van der Waals surface area contributed by atoms with Crippen LogP contribution in [0.5, 0.6) is 0 Å². The van der Waals surface area contributed by atoms with Crippen LogP contribution < -0.4 is 5.32 Å². The van der Waals surface area contributed by atoms with E-state index >= 15 is 0 Å². The first kappa shape index (κ1) is 8.86. The van der Waals surface area contributed by atoms with Crippen LogP contribution >= 0.6 is 11.3 Å². The number of rotatable bonds is 2. The Morgan fingerprint density at radius 2 is 2.50 bits per heavy atom. The van der Waals surface area contributed by atoms with Crippen LogP contribution in [0.3, 0.4) is 0 Å². The van der Waals surface area contributed by atoms with E-state index in [0.29, 0.717) is 0 Å². The van der Waals surface area contributed by atoms with Crippen LogP contribution in [-0.2, 0) is 6.42 Å². The number of hydrogen-bond donors (Lipinski definition) is 1. The van der Waals surface area contributed by atoms with Gasteiger partial charge in [0, 0.05) is 23.9 Å². The fourth-order valence-corrected chi connectivity index (χ4v) is 3.55. The summed E-state index contributed by atoms with van der Waals surface area (Å²) in [5.41, 5.74) is 1.29. The first-order valence-electron chi connectivity index (χ1n) is 5.48. The van der Waals surface area contributed by atoms with Crippen LogP contribution in [-0.4, -0.2) is 17.1 Å². The van der Waals surface area contributed by atoms with Crippen molar-refractivity contribution in [3.8, 4) is 0 Å².